The zero-order valence-corrected chi connectivity index (χ0v) is 12.3. The highest BCUT2D eigenvalue weighted by atomic mass is 79.9. The SMILES string of the molecule is Brc1ccc(C2(CC3CCCCN3)COC2)s1. The maximum atomic E-state index is 5.51. The number of thiophene rings is 1. The van der Waals surface area contributed by atoms with Crippen molar-refractivity contribution < 1.29 is 4.74 Å². The maximum absolute atomic E-state index is 5.51. The Morgan fingerprint density at radius 2 is 2.29 bits per heavy atom. The fraction of sp³-hybridized carbons (Fsp3) is 0.692. The van der Waals surface area contributed by atoms with Gasteiger partial charge in [0.2, 0.25) is 0 Å². The molecule has 17 heavy (non-hydrogen) atoms. The molecule has 2 aliphatic heterocycles. The van der Waals surface area contributed by atoms with Crippen LogP contribution < -0.4 is 5.32 Å². The Morgan fingerprint density at radius 1 is 1.41 bits per heavy atom. The smallest absolute Gasteiger partial charge is 0.0701 e. The van der Waals surface area contributed by atoms with Crippen LogP contribution in [-0.2, 0) is 10.2 Å². The van der Waals surface area contributed by atoms with E-state index < -0.39 is 0 Å². The van der Waals surface area contributed by atoms with Gasteiger partial charge in [-0.2, -0.15) is 0 Å². The largest absolute Gasteiger partial charge is 0.379 e. The first-order chi connectivity index (χ1) is 8.28. The van der Waals surface area contributed by atoms with Gasteiger partial charge in [0, 0.05) is 10.9 Å². The van der Waals surface area contributed by atoms with E-state index in [1.807, 2.05) is 11.3 Å². The third-order valence-electron chi connectivity index (χ3n) is 3.90. The average molecular weight is 316 g/mol. The monoisotopic (exact) mass is 315 g/mol. The molecule has 0 saturated carbocycles. The number of nitrogens with one attached hydrogen (secondary N) is 1. The van der Waals surface area contributed by atoms with E-state index in [4.69, 9.17) is 4.74 Å². The summed E-state index contributed by atoms with van der Waals surface area (Å²) in [6.45, 7) is 2.99. The van der Waals surface area contributed by atoms with Crippen molar-refractivity contribution in [3.05, 3.63) is 20.8 Å². The number of hydrogen-bond acceptors (Lipinski definition) is 3. The number of piperidine rings is 1. The predicted octanol–water partition coefficient (Wildman–Crippen LogP) is 3.31. The van der Waals surface area contributed by atoms with Gasteiger partial charge in [-0.3, -0.25) is 0 Å². The summed E-state index contributed by atoms with van der Waals surface area (Å²) in [5, 5.41) is 3.66. The van der Waals surface area contributed by atoms with Gasteiger partial charge in [-0.1, -0.05) is 6.42 Å². The van der Waals surface area contributed by atoms with Crippen LogP contribution >= 0.6 is 27.3 Å². The van der Waals surface area contributed by atoms with Crippen LogP contribution in [0.25, 0.3) is 0 Å². The highest BCUT2D eigenvalue weighted by Gasteiger charge is 2.43. The van der Waals surface area contributed by atoms with Crippen LogP contribution in [0, 0.1) is 0 Å². The first kappa shape index (κ1) is 12.2. The minimum Gasteiger partial charge on any atom is -0.379 e. The summed E-state index contributed by atoms with van der Waals surface area (Å²) in [5.41, 5.74) is 0.297. The lowest BCUT2D eigenvalue weighted by Gasteiger charge is -2.44. The van der Waals surface area contributed by atoms with Gasteiger partial charge in [-0.05, 0) is 53.9 Å². The molecule has 94 valence electrons. The molecule has 0 spiro atoms. The van der Waals surface area contributed by atoms with Crippen molar-refractivity contribution in [1.29, 1.82) is 0 Å². The van der Waals surface area contributed by atoms with E-state index in [0.29, 0.717) is 11.5 Å². The van der Waals surface area contributed by atoms with E-state index >= 15 is 0 Å². The predicted molar refractivity (Wildman–Crippen MR) is 74.8 cm³/mol. The highest BCUT2D eigenvalue weighted by molar-refractivity contribution is 9.11. The third-order valence-corrected chi connectivity index (χ3v) is 5.77. The molecule has 0 amide bonds. The van der Waals surface area contributed by atoms with Crippen LogP contribution in [0.3, 0.4) is 0 Å². The van der Waals surface area contributed by atoms with Crippen molar-refractivity contribution >= 4 is 27.3 Å². The van der Waals surface area contributed by atoms with Gasteiger partial charge in [-0.15, -0.1) is 11.3 Å². The summed E-state index contributed by atoms with van der Waals surface area (Å²) in [4.78, 5) is 1.49. The summed E-state index contributed by atoms with van der Waals surface area (Å²) < 4.78 is 6.74. The molecule has 2 nitrogen and oxygen atoms in total. The number of halogens is 1. The van der Waals surface area contributed by atoms with Crippen LogP contribution in [0.15, 0.2) is 15.9 Å². The van der Waals surface area contributed by atoms with E-state index in [-0.39, 0.29) is 0 Å². The van der Waals surface area contributed by atoms with Crippen molar-refractivity contribution in [3.63, 3.8) is 0 Å². The molecule has 0 aliphatic carbocycles. The second-order valence-corrected chi connectivity index (χ2v) is 7.69. The maximum Gasteiger partial charge on any atom is 0.0701 e. The molecule has 3 heterocycles. The van der Waals surface area contributed by atoms with Crippen molar-refractivity contribution in [3.8, 4) is 0 Å². The molecule has 4 heteroatoms. The number of ether oxygens (including phenoxy) is 1. The number of hydrogen-bond donors (Lipinski definition) is 1. The van der Waals surface area contributed by atoms with Crippen molar-refractivity contribution in [2.24, 2.45) is 0 Å². The summed E-state index contributed by atoms with van der Waals surface area (Å²) in [5.74, 6) is 0. The van der Waals surface area contributed by atoms with Gasteiger partial charge in [0.05, 0.1) is 22.4 Å². The molecule has 0 aromatic carbocycles. The fourth-order valence-electron chi connectivity index (χ4n) is 2.88. The van der Waals surface area contributed by atoms with Crippen molar-refractivity contribution in [1.82, 2.24) is 5.32 Å². The molecule has 2 saturated heterocycles. The van der Waals surface area contributed by atoms with E-state index in [0.717, 1.165) is 13.2 Å². The highest BCUT2D eigenvalue weighted by Crippen LogP contribution is 2.42. The van der Waals surface area contributed by atoms with Gasteiger partial charge >= 0.3 is 0 Å². The fourth-order valence-corrected chi connectivity index (χ4v) is 4.43. The molecule has 2 fully saturated rings. The molecule has 1 aromatic rings. The van der Waals surface area contributed by atoms with Crippen LogP contribution in [0.2, 0.25) is 0 Å². The Hall–Kier alpha value is 0.1000. The molecule has 0 bridgehead atoms. The average Bonchev–Trinajstić information content (AvgIpc) is 2.72. The molecule has 1 atom stereocenters. The minimum absolute atomic E-state index is 0.297. The van der Waals surface area contributed by atoms with E-state index in [9.17, 15) is 0 Å². The molecule has 3 rings (SSSR count). The third kappa shape index (κ3) is 2.46. The zero-order chi connectivity index (χ0) is 11.7. The molecule has 2 aliphatic rings. The molecule has 1 N–H and O–H groups in total. The van der Waals surface area contributed by atoms with E-state index in [2.05, 4.69) is 33.4 Å². The van der Waals surface area contributed by atoms with Gasteiger partial charge in [0.1, 0.15) is 0 Å². The Morgan fingerprint density at radius 3 is 2.82 bits per heavy atom. The van der Waals surface area contributed by atoms with Gasteiger partial charge in [0.15, 0.2) is 0 Å². The van der Waals surface area contributed by atoms with E-state index in [1.54, 1.807) is 0 Å². The van der Waals surface area contributed by atoms with Crippen LogP contribution in [0.5, 0.6) is 0 Å². The van der Waals surface area contributed by atoms with Crippen molar-refractivity contribution in [2.75, 3.05) is 19.8 Å². The first-order valence-electron chi connectivity index (χ1n) is 6.35. The quantitative estimate of drug-likeness (QED) is 0.924. The van der Waals surface area contributed by atoms with Crippen molar-refractivity contribution in [2.45, 2.75) is 37.1 Å². The minimum atomic E-state index is 0.297. The standard InChI is InChI=1S/C13H18BrNOS/c14-12-5-4-11(17-12)13(8-16-9-13)7-10-3-1-2-6-15-10/h4-5,10,15H,1-3,6-9H2. The van der Waals surface area contributed by atoms with E-state index in [1.165, 1.54) is 40.9 Å². The normalized spacial score (nSPS) is 27.7. The summed E-state index contributed by atoms with van der Waals surface area (Å²) in [6.07, 6.45) is 5.28. The molecule has 1 unspecified atom stereocenters. The van der Waals surface area contributed by atoms with Crippen LogP contribution in [0.4, 0.5) is 0 Å². The lowest BCUT2D eigenvalue weighted by atomic mass is 9.77. The van der Waals surface area contributed by atoms with Gasteiger partial charge in [-0.25, -0.2) is 0 Å². The lowest BCUT2D eigenvalue weighted by molar-refractivity contribution is -0.0677. The molecule has 0 radical (unpaired) electrons. The second kappa shape index (κ2) is 5.00. The molecular weight excluding hydrogens is 298 g/mol. The molecular formula is C13H18BrNOS. The Kier molecular flexibility index (Phi) is 3.57. The second-order valence-electron chi connectivity index (χ2n) is 5.23. The lowest BCUT2D eigenvalue weighted by Crippen LogP contribution is -2.51. The van der Waals surface area contributed by atoms with Crippen LogP contribution in [0.1, 0.15) is 30.6 Å². The molecule has 1 aromatic heterocycles. The summed E-state index contributed by atoms with van der Waals surface area (Å²) in [7, 11) is 0. The first-order valence-corrected chi connectivity index (χ1v) is 7.96. The zero-order valence-electron chi connectivity index (χ0n) is 9.88. The summed E-state index contributed by atoms with van der Waals surface area (Å²) in [6, 6.07) is 5.11. The van der Waals surface area contributed by atoms with Gasteiger partial charge in [0.25, 0.3) is 0 Å². The summed E-state index contributed by atoms with van der Waals surface area (Å²) >= 11 is 5.43. The Labute approximate surface area is 115 Å². The Bertz CT molecular complexity index is 383. The number of rotatable bonds is 3. The van der Waals surface area contributed by atoms with Gasteiger partial charge < -0.3 is 10.1 Å². The Balaban J connectivity index is 1.73. The van der Waals surface area contributed by atoms with Crippen LogP contribution in [-0.4, -0.2) is 25.8 Å². The topological polar surface area (TPSA) is 21.3 Å².